The molecule has 0 radical (unpaired) electrons. The molecule has 0 unspecified atom stereocenters. The standard InChI is InChI=1S/C23H30N2O3S/c1-6-28-22(26)19-8-7-9-20(16(19)4)24-23(29)25-21(14-15(2)3)17-10-12-18(27-5)13-11-17/h7-13,15,21H,6,14H2,1-5H3,(H2,24,25,29)/t21-/m0/s1. The van der Waals surface area contributed by atoms with Gasteiger partial charge in [0.1, 0.15) is 5.75 Å². The summed E-state index contributed by atoms with van der Waals surface area (Å²) in [6.45, 7) is 8.38. The minimum absolute atomic E-state index is 0.0643. The van der Waals surface area contributed by atoms with Crippen LogP contribution >= 0.6 is 12.2 Å². The van der Waals surface area contributed by atoms with Gasteiger partial charge in [-0.05, 0) is 73.8 Å². The van der Waals surface area contributed by atoms with E-state index in [2.05, 4.69) is 24.5 Å². The van der Waals surface area contributed by atoms with E-state index in [0.29, 0.717) is 23.2 Å². The maximum atomic E-state index is 12.1. The lowest BCUT2D eigenvalue weighted by molar-refractivity contribution is 0.0525. The number of methoxy groups -OCH3 is 1. The summed E-state index contributed by atoms with van der Waals surface area (Å²) in [6, 6.07) is 13.5. The van der Waals surface area contributed by atoms with Gasteiger partial charge < -0.3 is 20.1 Å². The van der Waals surface area contributed by atoms with Crippen molar-refractivity contribution in [3.63, 3.8) is 0 Å². The molecule has 5 nitrogen and oxygen atoms in total. The maximum absolute atomic E-state index is 12.1. The number of anilines is 1. The van der Waals surface area contributed by atoms with Gasteiger partial charge in [-0.3, -0.25) is 0 Å². The second-order valence-corrected chi connectivity index (χ2v) is 7.66. The van der Waals surface area contributed by atoms with Crippen LogP contribution in [0.1, 0.15) is 54.7 Å². The Morgan fingerprint density at radius 1 is 1.14 bits per heavy atom. The molecule has 2 rings (SSSR count). The fourth-order valence-corrected chi connectivity index (χ4v) is 3.36. The smallest absolute Gasteiger partial charge is 0.338 e. The molecule has 0 bridgehead atoms. The van der Waals surface area contributed by atoms with E-state index in [-0.39, 0.29) is 12.0 Å². The second-order valence-electron chi connectivity index (χ2n) is 7.25. The number of carbonyl (C=O) groups is 1. The molecule has 0 saturated carbocycles. The Labute approximate surface area is 178 Å². The van der Waals surface area contributed by atoms with E-state index >= 15 is 0 Å². The van der Waals surface area contributed by atoms with Crippen molar-refractivity contribution in [3.8, 4) is 5.75 Å². The van der Waals surface area contributed by atoms with Gasteiger partial charge in [0.05, 0.1) is 25.3 Å². The summed E-state index contributed by atoms with van der Waals surface area (Å²) in [7, 11) is 1.66. The van der Waals surface area contributed by atoms with Crippen molar-refractivity contribution < 1.29 is 14.3 Å². The molecule has 0 aromatic heterocycles. The number of carbonyl (C=O) groups excluding carboxylic acids is 1. The Bertz CT molecular complexity index is 835. The molecule has 1 atom stereocenters. The van der Waals surface area contributed by atoms with Crippen LogP contribution in [0, 0.1) is 12.8 Å². The summed E-state index contributed by atoms with van der Waals surface area (Å²) in [6.07, 6.45) is 0.927. The number of hydrogen-bond acceptors (Lipinski definition) is 4. The van der Waals surface area contributed by atoms with Crippen molar-refractivity contribution in [2.45, 2.75) is 40.2 Å². The van der Waals surface area contributed by atoms with E-state index in [9.17, 15) is 4.79 Å². The Balaban J connectivity index is 2.15. The van der Waals surface area contributed by atoms with Gasteiger partial charge >= 0.3 is 5.97 Å². The third kappa shape index (κ3) is 6.46. The van der Waals surface area contributed by atoms with E-state index in [1.54, 1.807) is 20.1 Å². The summed E-state index contributed by atoms with van der Waals surface area (Å²) < 4.78 is 10.4. The van der Waals surface area contributed by atoms with Crippen molar-refractivity contribution >= 4 is 29.0 Å². The van der Waals surface area contributed by atoms with E-state index < -0.39 is 0 Å². The number of rotatable bonds is 8. The third-order valence-electron chi connectivity index (χ3n) is 4.61. The first-order chi connectivity index (χ1) is 13.8. The van der Waals surface area contributed by atoms with Gasteiger partial charge in [-0.1, -0.05) is 32.0 Å². The van der Waals surface area contributed by atoms with Gasteiger partial charge in [0, 0.05) is 5.69 Å². The van der Waals surface area contributed by atoms with E-state index in [0.717, 1.165) is 29.0 Å². The summed E-state index contributed by atoms with van der Waals surface area (Å²) in [5, 5.41) is 7.16. The largest absolute Gasteiger partial charge is 0.497 e. The Morgan fingerprint density at radius 2 is 1.83 bits per heavy atom. The van der Waals surface area contributed by atoms with Crippen LogP contribution in [-0.4, -0.2) is 24.8 Å². The minimum atomic E-state index is -0.330. The predicted molar refractivity (Wildman–Crippen MR) is 122 cm³/mol. The van der Waals surface area contributed by atoms with Crippen LogP contribution < -0.4 is 15.4 Å². The number of nitrogens with one attached hydrogen (secondary N) is 2. The zero-order valence-electron chi connectivity index (χ0n) is 17.7. The molecule has 0 fully saturated rings. The molecule has 0 aliphatic rings. The van der Waals surface area contributed by atoms with Crippen LogP contribution in [0.15, 0.2) is 42.5 Å². The first-order valence-corrected chi connectivity index (χ1v) is 10.2. The molecular formula is C23H30N2O3S. The number of ether oxygens (including phenoxy) is 2. The van der Waals surface area contributed by atoms with Gasteiger partial charge in [-0.2, -0.15) is 0 Å². The highest BCUT2D eigenvalue weighted by Gasteiger charge is 2.17. The zero-order chi connectivity index (χ0) is 21.4. The topological polar surface area (TPSA) is 59.6 Å². The number of esters is 1. The molecular weight excluding hydrogens is 384 g/mol. The average Bonchev–Trinajstić information content (AvgIpc) is 2.69. The lowest BCUT2D eigenvalue weighted by atomic mass is 9.97. The molecule has 29 heavy (non-hydrogen) atoms. The number of thiocarbonyl (C=S) groups is 1. The summed E-state index contributed by atoms with van der Waals surface area (Å²) in [5.74, 6) is 0.985. The Morgan fingerprint density at radius 3 is 2.41 bits per heavy atom. The number of hydrogen-bond donors (Lipinski definition) is 2. The highest BCUT2D eigenvalue weighted by atomic mass is 32.1. The van der Waals surface area contributed by atoms with E-state index in [1.165, 1.54) is 0 Å². The predicted octanol–water partition coefficient (Wildman–Crippen LogP) is 5.25. The molecule has 156 valence electrons. The molecule has 2 aromatic carbocycles. The molecule has 0 saturated heterocycles. The zero-order valence-corrected chi connectivity index (χ0v) is 18.6. The first-order valence-electron chi connectivity index (χ1n) is 9.83. The first kappa shape index (κ1) is 22.7. The molecule has 2 aromatic rings. The molecule has 2 N–H and O–H groups in total. The third-order valence-corrected chi connectivity index (χ3v) is 4.83. The normalized spacial score (nSPS) is 11.7. The maximum Gasteiger partial charge on any atom is 0.338 e. The van der Waals surface area contributed by atoms with E-state index in [4.69, 9.17) is 21.7 Å². The SMILES string of the molecule is CCOC(=O)c1cccc(NC(=S)N[C@@H](CC(C)C)c2ccc(OC)cc2)c1C. The Kier molecular flexibility index (Phi) is 8.46. The van der Waals surface area contributed by atoms with Crippen LogP contribution in [0.3, 0.4) is 0 Å². The summed E-state index contributed by atoms with van der Waals surface area (Å²) >= 11 is 5.57. The van der Waals surface area contributed by atoms with Crippen LogP contribution in [0.25, 0.3) is 0 Å². The van der Waals surface area contributed by atoms with Gasteiger partial charge in [0.25, 0.3) is 0 Å². The molecule has 0 aliphatic heterocycles. The Hall–Kier alpha value is -2.60. The monoisotopic (exact) mass is 414 g/mol. The fraction of sp³-hybridized carbons (Fsp3) is 0.391. The fourth-order valence-electron chi connectivity index (χ4n) is 3.10. The lowest BCUT2D eigenvalue weighted by Gasteiger charge is -2.24. The number of benzene rings is 2. The molecule has 6 heteroatoms. The quantitative estimate of drug-likeness (QED) is 0.454. The second kappa shape index (κ2) is 10.8. The molecule has 0 amide bonds. The van der Waals surface area contributed by atoms with Gasteiger partial charge in [-0.25, -0.2) is 4.79 Å². The highest BCUT2D eigenvalue weighted by Crippen LogP contribution is 2.25. The van der Waals surface area contributed by atoms with E-state index in [1.807, 2.05) is 43.3 Å². The van der Waals surface area contributed by atoms with Crippen molar-refractivity contribution in [2.24, 2.45) is 5.92 Å². The average molecular weight is 415 g/mol. The van der Waals surface area contributed by atoms with Gasteiger partial charge in [0.2, 0.25) is 0 Å². The van der Waals surface area contributed by atoms with Crippen LogP contribution in [-0.2, 0) is 4.74 Å². The lowest BCUT2D eigenvalue weighted by Crippen LogP contribution is -2.33. The van der Waals surface area contributed by atoms with Crippen LogP contribution in [0.5, 0.6) is 5.75 Å². The minimum Gasteiger partial charge on any atom is -0.497 e. The van der Waals surface area contributed by atoms with Crippen LogP contribution in [0.4, 0.5) is 5.69 Å². The van der Waals surface area contributed by atoms with Gasteiger partial charge in [0.15, 0.2) is 5.11 Å². The van der Waals surface area contributed by atoms with Crippen molar-refractivity contribution in [3.05, 3.63) is 59.2 Å². The highest BCUT2D eigenvalue weighted by molar-refractivity contribution is 7.80. The van der Waals surface area contributed by atoms with Crippen molar-refractivity contribution in [2.75, 3.05) is 19.0 Å². The molecule has 0 spiro atoms. The molecule has 0 aliphatic carbocycles. The van der Waals surface area contributed by atoms with Crippen molar-refractivity contribution in [1.82, 2.24) is 5.32 Å². The van der Waals surface area contributed by atoms with Crippen LogP contribution in [0.2, 0.25) is 0 Å². The summed E-state index contributed by atoms with van der Waals surface area (Å²) in [4.78, 5) is 12.1. The molecule has 0 heterocycles. The summed E-state index contributed by atoms with van der Waals surface area (Å²) in [5.41, 5.74) is 3.26. The van der Waals surface area contributed by atoms with Gasteiger partial charge in [-0.15, -0.1) is 0 Å². The van der Waals surface area contributed by atoms with Crippen molar-refractivity contribution in [1.29, 1.82) is 0 Å².